The van der Waals surface area contributed by atoms with E-state index in [-0.39, 0.29) is 19.4 Å². The molecule has 1 fully saturated rings. The summed E-state index contributed by atoms with van der Waals surface area (Å²) in [4.78, 5) is 1.05. The third-order valence-electron chi connectivity index (χ3n) is 4.29. The van der Waals surface area contributed by atoms with Crippen molar-refractivity contribution in [1.29, 1.82) is 0 Å². The summed E-state index contributed by atoms with van der Waals surface area (Å²) in [5.74, 6) is 0. The molecule has 0 spiro atoms. The molecule has 1 saturated heterocycles. The van der Waals surface area contributed by atoms with Crippen LogP contribution >= 0.6 is 0 Å². The van der Waals surface area contributed by atoms with E-state index in [0.717, 1.165) is 0 Å². The fraction of sp³-hybridized carbons (Fsp3) is 1.00. The van der Waals surface area contributed by atoms with Crippen LogP contribution in [0.25, 0.3) is 0 Å². The van der Waals surface area contributed by atoms with Crippen molar-refractivity contribution >= 4 is 0 Å². The molecular formula is C13H20F8N2O2. The van der Waals surface area contributed by atoms with E-state index in [1.54, 1.807) is 13.8 Å². The van der Waals surface area contributed by atoms with Gasteiger partial charge in [-0.2, -0.15) is 8.78 Å². The quantitative estimate of drug-likeness (QED) is 0.467. The summed E-state index contributed by atoms with van der Waals surface area (Å²) in [6.07, 6.45) is -13.2. The van der Waals surface area contributed by atoms with Crippen molar-refractivity contribution in [2.24, 2.45) is 0 Å². The Morgan fingerprint density at radius 1 is 0.840 bits per heavy atom. The summed E-state index contributed by atoms with van der Waals surface area (Å²) < 4.78 is 108. The summed E-state index contributed by atoms with van der Waals surface area (Å²) >= 11 is 0. The Hall–Kier alpha value is -0.720. The molecule has 0 radical (unpaired) electrons. The standard InChI is InChI=1S/C13H20F8N2O2/c1-3-10(4-2)9-22(5-7-24-11(14,15)16)13(20,21)23(10)6-8-25-12(17,18)19/h3-9H2,1-2H3. The number of ether oxygens (including phenoxy) is 2. The zero-order valence-electron chi connectivity index (χ0n) is 13.7. The van der Waals surface area contributed by atoms with Crippen LogP contribution in [0.1, 0.15) is 26.7 Å². The highest BCUT2D eigenvalue weighted by Gasteiger charge is 2.59. The van der Waals surface area contributed by atoms with Gasteiger partial charge >= 0.3 is 18.9 Å². The Kier molecular flexibility index (Phi) is 7.04. The van der Waals surface area contributed by atoms with Crippen molar-refractivity contribution in [3.63, 3.8) is 0 Å². The minimum absolute atomic E-state index is 0.182. The number of hydrogen-bond donors (Lipinski definition) is 0. The largest absolute Gasteiger partial charge is 0.522 e. The van der Waals surface area contributed by atoms with E-state index >= 15 is 0 Å². The fourth-order valence-corrected chi connectivity index (χ4v) is 2.96. The van der Waals surface area contributed by atoms with Crippen molar-refractivity contribution < 1.29 is 44.6 Å². The van der Waals surface area contributed by atoms with Gasteiger partial charge in [0.15, 0.2) is 0 Å². The highest BCUT2D eigenvalue weighted by molar-refractivity contribution is 5.01. The van der Waals surface area contributed by atoms with Crippen molar-refractivity contribution in [1.82, 2.24) is 9.80 Å². The maximum atomic E-state index is 14.6. The molecule has 1 rings (SSSR count). The van der Waals surface area contributed by atoms with Crippen LogP contribution in [-0.4, -0.2) is 67.1 Å². The molecule has 150 valence electrons. The maximum absolute atomic E-state index is 14.6. The first kappa shape index (κ1) is 22.3. The predicted molar refractivity (Wildman–Crippen MR) is 70.6 cm³/mol. The number of nitrogens with zero attached hydrogens (tertiary/aromatic N) is 2. The Labute approximate surface area is 139 Å². The highest BCUT2D eigenvalue weighted by atomic mass is 19.4. The minimum Gasteiger partial charge on any atom is -0.291 e. The summed E-state index contributed by atoms with van der Waals surface area (Å²) in [6.45, 7) is -0.557. The lowest BCUT2D eigenvalue weighted by atomic mass is 9.92. The van der Waals surface area contributed by atoms with Gasteiger partial charge in [-0.05, 0) is 12.8 Å². The van der Waals surface area contributed by atoms with E-state index in [9.17, 15) is 35.1 Å². The molecule has 0 atom stereocenters. The topological polar surface area (TPSA) is 24.9 Å². The molecule has 0 N–H and O–H groups in total. The smallest absolute Gasteiger partial charge is 0.291 e. The van der Waals surface area contributed by atoms with E-state index in [2.05, 4.69) is 9.47 Å². The van der Waals surface area contributed by atoms with Gasteiger partial charge in [-0.1, -0.05) is 13.8 Å². The number of alkyl halides is 8. The van der Waals surface area contributed by atoms with Gasteiger partial charge in [0, 0.05) is 25.2 Å². The lowest BCUT2D eigenvalue weighted by Crippen LogP contribution is -2.54. The Balaban J connectivity index is 2.84. The van der Waals surface area contributed by atoms with Gasteiger partial charge < -0.3 is 0 Å². The maximum Gasteiger partial charge on any atom is 0.522 e. The van der Waals surface area contributed by atoms with Crippen LogP contribution in [0.2, 0.25) is 0 Å². The Morgan fingerprint density at radius 2 is 1.28 bits per heavy atom. The van der Waals surface area contributed by atoms with Gasteiger partial charge in [-0.3, -0.25) is 9.47 Å². The zero-order chi connectivity index (χ0) is 19.5. The molecule has 1 aliphatic rings. The molecule has 0 aromatic heterocycles. The lowest BCUT2D eigenvalue weighted by Gasteiger charge is -2.38. The average Bonchev–Trinajstić information content (AvgIpc) is 2.66. The van der Waals surface area contributed by atoms with Gasteiger partial charge in [0.25, 0.3) is 0 Å². The first-order valence-corrected chi connectivity index (χ1v) is 7.59. The molecule has 0 bridgehead atoms. The van der Waals surface area contributed by atoms with Crippen LogP contribution in [0.15, 0.2) is 0 Å². The molecule has 0 aromatic carbocycles. The summed E-state index contributed by atoms with van der Waals surface area (Å²) in [6, 6.07) is 0. The third-order valence-corrected chi connectivity index (χ3v) is 4.29. The Morgan fingerprint density at radius 3 is 1.68 bits per heavy atom. The lowest BCUT2D eigenvalue weighted by molar-refractivity contribution is -0.332. The predicted octanol–water partition coefficient (Wildman–Crippen LogP) is 3.79. The second kappa shape index (κ2) is 7.89. The van der Waals surface area contributed by atoms with Gasteiger partial charge in [0.05, 0.1) is 13.2 Å². The van der Waals surface area contributed by atoms with Crippen LogP contribution in [0.4, 0.5) is 35.1 Å². The van der Waals surface area contributed by atoms with Crippen LogP contribution < -0.4 is 0 Å². The molecular weight excluding hydrogens is 368 g/mol. The second-order valence-corrected chi connectivity index (χ2v) is 5.60. The van der Waals surface area contributed by atoms with Gasteiger partial charge in [-0.15, -0.1) is 26.3 Å². The molecule has 4 nitrogen and oxygen atoms in total. The highest BCUT2D eigenvalue weighted by Crippen LogP contribution is 2.43. The summed E-state index contributed by atoms with van der Waals surface area (Å²) in [7, 11) is 0. The number of rotatable bonds is 8. The van der Waals surface area contributed by atoms with Crippen LogP contribution in [0.5, 0.6) is 0 Å². The van der Waals surface area contributed by atoms with Crippen molar-refractivity contribution in [2.45, 2.75) is 51.1 Å². The Bertz CT molecular complexity index is 423. The van der Waals surface area contributed by atoms with E-state index in [0.29, 0.717) is 9.80 Å². The number of halogens is 8. The van der Waals surface area contributed by atoms with Gasteiger partial charge in [0.2, 0.25) is 0 Å². The SMILES string of the molecule is CCC1(CC)CN(CCOC(F)(F)F)C(F)(F)N1CCOC(F)(F)F. The van der Waals surface area contributed by atoms with E-state index in [1.165, 1.54) is 0 Å². The van der Waals surface area contributed by atoms with Crippen LogP contribution in [-0.2, 0) is 9.47 Å². The van der Waals surface area contributed by atoms with Crippen LogP contribution in [0, 0.1) is 0 Å². The summed E-state index contributed by atoms with van der Waals surface area (Å²) in [5, 5.41) is 0. The van der Waals surface area contributed by atoms with E-state index < -0.39 is 50.7 Å². The molecule has 0 unspecified atom stereocenters. The third kappa shape index (κ3) is 5.90. The molecule has 0 saturated carbocycles. The fourth-order valence-electron chi connectivity index (χ4n) is 2.96. The van der Waals surface area contributed by atoms with Gasteiger partial charge in [0.1, 0.15) is 0 Å². The average molecular weight is 388 g/mol. The van der Waals surface area contributed by atoms with E-state index in [4.69, 9.17) is 0 Å². The van der Waals surface area contributed by atoms with Crippen molar-refractivity contribution in [3.8, 4) is 0 Å². The molecule has 25 heavy (non-hydrogen) atoms. The van der Waals surface area contributed by atoms with Gasteiger partial charge in [-0.25, -0.2) is 9.80 Å². The molecule has 0 aromatic rings. The van der Waals surface area contributed by atoms with Crippen molar-refractivity contribution in [2.75, 3.05) is 32.8 Å². The molecule has 1 heterocycles. The second-order valence-electron chi connectivity index (χ2n) is 5.60. The number of hydrogen-bond acceptors (Lipinski definition) is 4. The molecule has 0 aliphatic carbocycles. The molecule has 12 heteroatoms. The normalized spacial score (nSPS) is 21.8. The first-order chi connectivity index (χ1) is 11.3. The van der Waals surface area contributed by atoms with E-state index in [1.807, 2.05) is 0 Å². The first-order valence-electron chi connectivity index (χ1n) is 7.59. The van der Waals surface area contributed by atoms with Crippen LogP contribution in [0.3, 0.4) is 0 Å². The van der Waals surface area contributed by atoms with Crippen molar-refractivity contribution in [3.05, 3.63) is 0 Å². The minimum atomic E-state index is -4.95. The summed E-state index contributed by atoms with van der Waals surface area (Å²) in [5.41, 5.74) is -1.17. The monoisotopic (exact) mass is 388 g/mol. The molecule has 1 aliphatic heterocycles. The zero-order valence-corrected chi connectivity index (χ0v) is 13.7. The molecule has 0 amide bonds.